The first kappa shape index (κ1) is 13.0. The van der Waals surface area contributed by atoms with E-state index in [9.17, 15) is 14.4 Å². The largest absolute Gasteiger partial charge is 0.619 e. The van der Waals surface area contributed by atoms with Gasteiger partial charge >= 0.3 is 0 Å². The molecule has 0 bridgehead atoms. The number of hydrogen-bond acceptors (Lipinski definition) is 2. The second-order valence-corrected chi connectivity index (χ2v) is 4.05. The molecule has 0 spiro atoms. The maximum Gasteiger partial charge on any atom is 0.257 e. The Labute approximate surface area is 110 Å². The van der Waals surface area contributed by atoms with Crippen molar-refractivity contribution in [1.82, 2.24) is 5.32 Å². The van der Waals surface area contributed by atoms with Crippen molar-refractivity contribution in [3.63, 3.8) is 0 Å². The van der Waals surface area contributed by atoms with E-state index < -0.39 is 0 Å². The van der Waals surface area contributed by atoms with Gasteiger partial charge in [-0.3, -0.25) is 4.79 Å². The summed E-state index contributed by atoms with van der Waals surface area (Å²) in [6.07, 6.45) is 2.90. The predicted octanol–water partition coefficient (Wildman–Crippen LogP) is 1.43. The van der Waals surface area contributed by atoms with Crippen LogP contribution in [0.1, 0.15) is 15.9 Å². The monoisotopic (exact) mass is 260 g/mol. The highest BCUT2D eigenvalue weighted by Crippen LogP contribution is 2.06. The summed E-state index contributed by atoms with van der Waals surface area (Å²) in [5.41, 5.74) is 0.834. The van der Waals surface area contributed by atoms with Gasteiger partial charge in [0.05, 0.1) is 0 Å². The molecule has 1 aromatic heterocycles. The van der Waals surface area contributed by atoms with Gasteiger partial charge in [-0.2, -0.15) is 4.73 Å². The van der Waals surface area contributed by atoms with E-state index in [4.69, 9.17) is 0 Å². The quantitative estimate of drug-likeness (QED) is 0.668. The van der Waals surface area contributed by atoms with E-state index >= 15 is 0 Å². The standard InChI is InChI=1S/C14H13FN2O2/c15-13-6-2-1-4-11(13)7-8-16-14(18)12-5-3-9-17(19)10-12/h1-6,9-10H,7-8H2,(H,16,18). The average Bonchev–Trinajstić information content (AvgIpc) is 2.41. The Balaban J connectivity index is 1.90. The summed E-state index contributed by atoms with van der Waals surface area (Å²) in [4.78, 5) is 11.7. The maximum atomic E-state index is 13.3. The molecule has 4 nitrogen and oxygen atoms in total. The first-order valence-corrected chi connectivity index (χ1v) is 5.87. The summed E-state index contributed by atoms with van der Waals surface area (Å²) in [6.45, 7) is 0.313. The van der Waals surface area contributed by atoms with Crippen LogP contribution in [0.25, 0.3) is 0 Å². The third kappa shape index (κ3) is 3.51. The molecule has 0 saturated heterocycles. The first-order valence-electron chi connectivity index (χ1n) is 5.87. The van der Waals surface area contributed by atoms with Crippen molar-refractivity contribution >= 4 is 5.91 Å². The highest BCUT2D eigenvalue weighted by atomic mass is 19.1. The smallest absolute Gasteiger partial charge is 0.257 e. The van der Waals surface area contributed by atoms with Crippen molar-refractivity contribution in [3.05, 3.63) is 70.9 Å². The van der Waals surface area contributed by atoms with Crippen molar-refractivity contribution in [2.24, 2.45) is 0 Å². The summed E-state index contributed by atoms with van der Waals surface area (Å²) in [5, 5.41) is 13.7. The zero-order chi connectivity index (χ0) is 13.7. The Bertz CT molecular complexity index is 587. The number of rotatable bonds is 4. The van der Waals surface area contributed by atoms with Gasteiger partial charge in [-0.15, -0.1) is 0 Å². The number of hydrogen-bond donors (Lipinski definition) is 1. The van der Waals surface area contributed by atoms with Crippen LogP contribution in [-0.4, -0.2) is 12.5 Å². The van der Waals surface area contributed by atoms with Crippen LogP contribution in [0.3, 0.4) is 0 Å². The summed E-state index contributed by atoms with van der Waals surface area (Å²) in [5.74, 6) is -0.629. The molecular formula is C14H13FN2O2. The number of benzene rings is 1. The highest BCUT2D eigenvalue weighted by Gasteiger charge is 2.08. The Morgan fingerprint density at radius 2 is 2.05 bits per heavy atom. The van der Waals surface area contributed by atoms with Crippen LogP contribution in [-0.2, 0) is 6.42 Å². The van der Waals surface area contributed by atoms with Crippen LogP contribution in [0.4, 0.5) is 4.39 Å². The molecule has 1 aromatic carbocycles. The number of aromatic nitrogens is 1. The van der Waals surface area contributed by atoms with E-state index in [1.807, 2.05) is 0 Å². The van der Waals surface area contributed by atoms with Gasteiger partial charge in [-0.25, -0.2) is 4.39 Å². The molecular weight excluding hydrogens is 247 g/mol. The van der Waals surface area contributed by atoms with E-state index in [1.54, 1.807) is 24.3 Å². The minimum atomic E-state index is -0.346. The fourth-order valence-electron chi connectivity index (χ4n) is 1.70. The predicted molar refractivity (Wildman–Crippen MR) is 67.8 cm³/mol. The number of nitrogens with zero attached hydrogens (tertiary/aromatic N) is 1. The molecule has 5 heteroatoms. The van der Waals surface area contributed by atoms with Crippen LogP contribution >= 0.6 is 0 Å². The third-order valence-electron chi connectivity index (χ3n) is 2.68. The number of carbonyl (C=O) groups excluding carboxylic acids is 1. The lowest BCUT2D eigenvalue weighted by Gasteiger charge is -2.06. The molecule has 19 heavy (non-hydrogen) atoms. The molecule has 2 rings (SSSR count). The number of halogens is 1. The molecule has 0 fully saturated rings. The maximum absolute atomic E-state index is 13.3. The Hall–Kier alpha value is -2.43. The third-order valence-corrected chi connectivity index (χ3v) is 2.68. The van der Waals surface area contributed by atoms with Gasteiger partial charge < -0.3 is 10.5 Å². The van der Waals surface area contributed by atoms with Crippen LogP contribution in [0.5, 0.6) is 0 Å². The zero-order valence-electron chi connectivity index (χ0n) is 10.2. The highest BCUT2D eigenvalue weighted by molar-refractivity contribution is 5.93. The normalized spacial score (nSPS) is 10.2. The topological polar surface area (TPSA) is 56.0 Å². The number of carbonyl (C=O) groups is 1. The summed E-state index contributed by atoms with van der Waals surface area (Å²) < 4.78 is 13.9. The number of nitrogens with one attached hydrogen (secondary N) is 1. The van der Waals surface area contributed by atoms with Gasteiger partial charge in [-0.05, 0) is 24.1 Å². The van der Waals surface area contributed by atoms with Crippen LogP contribution in [0.15, 0.2) is 48.8 Å². The Morgan fingerprint density at radius 1 is 1.26 bits per heavy atom. The van der Waals surface area contributed by atoms with Crippen molar-refractivity contribution in [1.29, 1.82) is 0 Å². The molecule has 0 saturated carbocycles. The zero-order valence-corrected chi connectivity index (χ0v) is 10.2. The Kier molecular flexibility index (Phi) is 4.07. The van der Waals surface area contributed by atoms with E-state index in [1.165, 1.54) is 24.5 Å². The lowest BCUT2D eigenvalue weighted by molar-refractivity contribution is -0.605. The number of amides is 1. The van der Waals surface area contributed by atoms with Gasteiger partial charge in [0.2, 0.25) is 0 Å². The summed E-state index contributed by atoms with van der Waals surface area (Å²) in [7, 11) is 0. The minimum Gasteiger partial charge on any atom is -0.619 e. The lowest BCUT2D eigenvalue weighted by Crippen LogP contribution is -2.31. The fourth-order valence-corrected chi connectivity index (χ4v) is 1.70. The Morgan fingerprint density at radius 3 is 2.79 bits per heavy atom. The molecule has 0 aliphatic carbocycles. The molecule has 0 aliphatic heterocycles. The second kappa shape index (κ2) is 5.95. The summed E-state index contributed by atoms with van der Waals surface area (Å²) >= 11 is 0. The van der Waals surface area contributed by atoms with Crippen LogP contribution < -0.4 is 10.0 Å². The van der Waals surface area contributed by atoms with Crippen molar-refractivity contribution in [3.8, 4) is 0 Å². The molecule has 0 radical (unpaired) electrons. The molecule has 2 aromatic rings. The van der Waals surface area contributed by atoms with E-state index in [0.29, 0.717) is 23.3 Å². The van der Waals surface area contributed by atoms with Gasteiger partial charge in [0.15, 0.2) is 12.4 Å². The molecule has 1 N–H and O–H groups in total. The van der Waals surface area contributed by atoms with Crippen molar-refractivity contribution < 1.29 is 13.9 Å². The SMILES string of the molecule is O=C(NCCc1ccccc1F)c1ccc[n+]([O-])c1. The molecule has 1 amide bonds. The van der Waals surface area contributed by atoms with Crippen LogP contribution in [0, 0.1) is 11.0 Å². The molecule has 0 atom stereocenters. The minimum absolute atomic E-state index is 0.283. The van der Waals surface area contributed by atoms with Crippen LogP contribution in [0.2, 0.25) is 0 Å². The number of pyridine rings is 1. The van der Waals surface area contributed by atoms with Crippen molar-refractivity contribution in [2.45, 2.75) is 6.42 Å². The summed E-state index contributed by atoms with van der Waals surface area (Å²) in [6, 6.07) is 9.47. The van der Waals surface area contributed by atoms with Gasteiger partial charge in [0.25, 0.3) is 5.91 Å². The molecule has 1 heterocycles. The fraction of sp³-hybridized carbons (Fsp3) is 0.143. The second-order valence-electron chi connectivity index (χ2n) is 4.05. The van der Waals surface area contributed by atoms with Crippen molar-refractivity contribution in [2.75, 3.05) is 6.54 Å². The molecule has 98 valence electrons. The molecule has 0 aliphatic rings. The first-order chi connectivity index (χ1) is 9.16. The molecule has 0 unspecified atom stereocenters. The lowest BCUT2D eigenvalue weighted by atomic mass is 10.1. The van der Waals surface area contributed by atoms with E-state index in [-0.39, 0.29) is 17.3 Å². The van der Waals surface area contributed by atoms with Gasteiger partial charge in [0, 0.05) is 12.6 Å². The van der Waals surface area contributed by atoms with E-state index in [2.05, 4.69) is 5.32 Å². The van der Waals surface area contributed by atoms with E-state index in [0.717, 1.165) is 0 Å². The van der Waals surface area contributed by atoms with Gasteiger partial charge in [-0.1, -0.05) is 18.2 Å². The van der Waals surface area contributed by atoms with Gasteiger partial charge in [0.1, 0.15) is 11.4 Å². The average molecular weight is 260 g/mol.